The van der Waals surface area contributed by atoms with Crippen LogP contribution in [0.4, 0.5) is 0 Å². The molecule has 27 heavy (non-hydrogen) atoms. The number of rotatable bonds is 8. The van der Waals surface area contributed by atoms with Crippen LogP contribution in [0.25, 0.3) is 0 Å². The summed E-state index contributed by atoms with van der Waals surface area (Å²) in [6.07, 6.45) is 3.56. The second kappa shape index (κ2) is 9.00. The molecule has 140 valence electrons. The van der Waals surface area contributed by atoms with Crippen molar-refractivity contribution in [1.29, 1.82) is 0 Å². The van der Waals surface area contributed by atoms with E-state index in [2.05, 4.69) is 10.3 Å². The highest BCUT2D eigenvalue weighted by atomic mass is 16.5. The van der Waals surface area contributed by atoms with E-state index in [0.29, 0.717) is 6.61 Å². The summed E-state index contributed by atoms with van der Waals surface area (Å²) in [5, 5.41) is 3.01. The zero-order chi connectivity index (χ0) is 19.1. The van der Waals surface area contributed by atoms with E-state index in [1.54, 1.807) is 13.3 Å². The Hall–Kier alpha value is -3.12. The monoisotopic (exact) mass is 365 g/mol. The van der Waals surface area contributed by atoms with Gasteiger partial charge in [-0.1, -0.05) is 42.5 Å². The predicted octanol–water partition coefficient (Wildman–Crippen LogP) is 2.85. The molecule has 1 atom stereocenters. The fraction of sp³-hybridized carbons (Fsp3) is 0.238. The SMILES string of the molecule is COc1cccc(C(NC(=O)COCc2ccccc2)c2nccn2C)c1. The van der Waals surface area contributed by atoms with Crippen molar-refractivity contribution in [1.82, 2.24) is 14.9 Å². The minimum atomic E-state index is -0.395. The van der Waals surface area contributed by atoms with Crippen molar-refractivity contribution in [3.63, 3.8) is 0 Å². The average Bonchev–Trinajstić information content (AvgIpc) is 3.12. The Morgan fingerprint density at radius 3 is 2.70 bits per heavy atom. The maximum atomic E-state index is 12.5. The van der Waals surface area contributed by atoms with Gasteiger partial charge in [-0.25, -0.2) is 4.98 Å². The van der Waals surface area contributed by atoms with Gasteiger partial charge in [0.25, 0.3) is 0 Å². The van der Waals surface area contributed by atoms with Gasteiger partial charge in [0, 0.05) is 19.4 Å². The summed E-state index contributed by atoms with van der Waals surface area (Å²) in [5.74, 6) is 1.25. The van der Waals surface area contributed by atoms with Crippen molar-refractivity contribution >= 4 is 5.91 Å². The summed E-state index contributed by atoms with van der Waals surface area (Å²) in [7, 11) is 3.51. The second-order valence-corrected chi connectivity index (χ2v) is 6.15. The van der Waals surface area contributed by atoms with E-state index in [9.17, 15) is 4.79 Å². The molecule has 0 saturated heterocycles. The van der Waals surface area contributed by atoms with Crippen LogP contribution in [0.1, 0.15) is 23.0 Å². The first-order chi connectivity index (χ1) is 13.2. The molecule has 6 heteroatoms. The normalized spacial score (nSPS) is 11.8. The highest BCUT2D eigenvalue weighted by molar-refractivity contribution is 5.78. The van der Waals surface area contributed by atoms with Crippen LogP contribution in [0.3, 0.4) is 0 Å². The van der Waals surface area contributed by atoms with Crippen molar-refractivity contribution in [2.24, 2.45) is 7.05 Å². The maximum absolute atomic E-state index is 12.5. The largest absolute Gasteiger partial charge is 0.497 e. The lowest BCUT2D eigenvalue weighted by Crippen LogP contribution is -2.33. The molecular formula is C21H23N3O3. The van der Waals surface area contributed by atoms with Crippen molar-refractivity contribution in [2.75, 3.05) is 13.7 Å². The number of ether oxygens (including phenoxy) is 2. The van der Waals surface area contributed by atoms with Crippen LogP contribution in [0.2, 0.25) is 0 Å². The van der Waals surface area contributed by atoms with Gasteiger partial charge in [0.2, 0.25) is 5.91 Å². The van der Waals surface area contributed by atoms with E-state index in [4.69, 9.17) is 9.47 Å². The van der Waals surface area contributed by atoms with Crippen molar-refractivity contribution < 1.29 is 14.3 Å². The number of nitrogens with zero attached hydrogens (tertiary/aromatic N) is 2. The Bertz CT molecular complexity index is 877. The minimum absolute atomic E-state index is 0.0280. The highest BCUT2D eigenvalue weighted by Gasteiger charge is 2.21. The maximum Gasteiger partial charge on any atom is 0.246 e. The number of hydrogen-bond donors (Lipinski definition) is 1. The number of amides is 1. The molecular weight excluding hydrogens is 342 g/mol. The first-order valence-corrected chi connectivity index (χ1v) is 8.69. The van der Waals surface area contributed by atoms with Gasteiger partial charge in [-0.15, -0.1) is 0 Å². The standard InChI is InChI=1S/C21H23N3O3/c1-24-12-11-22-21(24)20(17-9-6-10-18(13-17)26-2)23-19(25)15-27-14-16-7-4-3-5-8-16/h3-13,20H,14-15H2,1-2H3,(H,23,25). The van der Waals surface area contributed by atoms with Crippen molar-refractivity contribution in [3.05, 3.63) is 83.9 Å². The van der Waals surface area contributed by atoms with Crippen LogP contribution in [0.15, 0.2) is 67.0 Å². The molecule has 0 bridgehead atoms. The lowest BCUT2D eigenvalue weighted by Gasteiger charge is -2.20. The number of carbonyl (C=O) groups is 1. The van der Waals surface area contributed by atoms with E-state index < -0.39 is 6.04 Å². The number of imidazole rings is 1. The lowest BCUT2D eigenvalue weighted by atomic mass is 10.1. The third kappa shape index (κ3) is 4.95. The number of aryl methyl sites for hydroxylation is 1. The Morgan fingerprint density at radius 1 is 1.19 bits per heavy atom. The third-order valence-corrected chi connectivity index (χ3v) is 4.19. The zero-order valence-electron chi connectivity index (χ0n) is 15.5. The van der Waals surface area contributed by atoms with Gasteiger partial charge in [-0.2, -0.15) is 0 Å². The molecule has 1 amide bonds. The van der Waals surface area contributed by atoms with Crippen LogP contribution >= 0.6 is 0 Å². The molecule has 1 N–H and O–H groups in total. The molecule has 0 radical (unpaired) electrons. The summed E-state index contributed by atoms with van der Waals surface area (Å²) in [5.41, 5.74) is 1.92. The first-order valence-electron chi connectivity index (χ1n) is 8.69. The van der Waals surface area contributed by atoms with Gasteiger partial charge in [0.15, 0.2) is 0 Å². The van der Waals surface area contributed by atoms with Gasteiger partial charge in [-0.3, -0.25) is 4.79 Å². The number of benzene rings is 2. The van der Waals surface area contributed by atoms with E-state index in [1.807, 2.05) is 72.4 Å². The van der Waals surface area contributed by atoms with E-state index in [1.165, 1.54) is 0 Å². The number of hydrogen-bond acceptors (Lipinski definition) is 4. The molecule has 0 aliphatic rings. The topological polar surface area (TPSA) is 65.4 Å². The molecule has 1 unspecified atom stereocenters. The van der Waals surface area contributed by atoms with E-state index in [0.717, 1.165) is 22.7 Å². The van der Waals surface area contributed by atoms with Crippen LogP contribution in [0, 0.1) is 0 Å². The quantitative estimate of drug-likeness (QED) is 0.667. The Kier molecular flexibility index (Phi) is 6.22. The third-order valence-electron chi connectivity index (χ3n) is 4.19. The molecule has 0 fully saturated rings. The van der Waals surface area contributed by atoms with Crippen molar-refractivity contribution in [3.8, 4) is 5.75 Å². The smallest absolute Gasteiger partial charge is 0.246 e. The summed E-state index contributed by atoms with van der Waals surface area (Å²) in [4.78, 5) is 16.9. The summed E-state index contributed by atoms with van der Waals surface area (Å²) < 4.78 is 12.7. The minimum Gasteiger partial charge on any atom is -0.497 e. The lowest BCUT2D eigenvalue weighted by molar-refractivity contribution is -0.126. The number of methoxy groups -OCH3 is 1. The zero-order valence-corrected chi connectivity index (χ0v) is 15.5. The van der Waals surface area contributed by atoms with Crippen LogP contribution in [-0.2, 0) is 23.2 Å². The van der Waals surface area contributed by atoms with E-state index >= 15 is 0 Å². The first kappa shape index (κ1) is 18.7. The highest BCUT2D eigenvalue weighted by Crippen LogP contribution is 2.24. The molecule has 1 heterocycles. The summed E-state index contributed by atoms with van der Waals surface area (Å²) >= 11 is 0. The summed E-state index contributed by atoms with van der Waals surface area (Å²) in [6.45, 7) is 0.361. The molecule has 0 spiro atoms. The van der Waals surface area contributed by atoms with Gasteiger partial charge < -0.3 is 19.4 Å². The fourth-order valence-corrected chi connectivity index (χ4v) is 2.81. The van der Waals surface area contributed by atoms with Crippen molar-refractivity contribution in [2.45, 2.75) is 12.6 Å². The van der Waals surface area contributed by atoms with Gasteiger partial charge in [0.05, 0.1) is 13.7 Å². The van der Waals surface area contributed by atoms with Gasteiger partial charge in [-0.05, 0) is 23.3 Å². The number of nitrogens with one attached hydrogen (secondary N) is 1. The molecule has 0 aliphatic heterocycles. The van der Waals surface area contributed by atoms with Crippen LogP contribution < -0.4 is 10.1 Å². The Labute approximate surface area is 158 Å². The molecule has 3 aromatic rings. The number of carbonyl (C=O) groups excluding carboxylic acids is 1. The van der Waals surface area contributed by atoms with Gasteiger partial charge >= 0.3 is 0 Å². The predicted molar refractivity (Wildman–Crippen MR) is 102 cm³/mol. The molecule has 6 nitrogen and oxygen atoms in total. The molecule has 0 saturated carbocycles. The molecule has 0 aliphatic carbocycles. The second-order valence-electron chi connectivity index (χ2n) is 6.15. The molecule has 1 aromatic heterocycles. The van der Waals surface area contributed by atoms with Crippen LogP contribution in [-0.4, -0.2) is 29.2 Å². The molecule has 2 aromatic carbocycles. The Morgan fingerprint density at radius 2 is 2.00 bits per heavy atom. The van der Waals surface area contributed by atoms with E-state index in [-0.39, 0.29) is 12.5 Å². The molecule has 3 rings (SSSR count). The Balaban J connectivity index is 1.69. The van der Waals surface area contributed by atoms with Crippen LogP contribution in [0.5, 0.6) is 5.75 Å². The summed E-state index contributed by atoms with van der Waals surface area (Å²) in [6, 6.07) is 16.9. The average molecular weight is 365 g/mol. The fourth-order valence-electron chi connectivity index (χ4n) is 2.81. The number of aromatic nitrogens is 2. The van der Waals surface area contributed by atoms with Gasteiger partial charge in [0.1, 0.15) is 24.2 Å².